The fourth-order valence-corrected chi connectivity index (χ4v) is 2.09. The van der Waals surface area contributed by atoms with Crippen molar-refractivity contribution in [2.24, 2.45) is 0 Å². The van der Waals surface area contributed by atoms with Gasteiger partial charge in [-0.3, -0.25) is 0 Å². The normalized spacial score (nSPS) is 14.5. The molecule has 2 atom stereocenters. The molecule has 6 nitrogen and oxygen atoms in total. The van der Waals surface area contributed by atoms with Gasteiger partial charge in [-0.15, -0.1) is 0 Å². The van der Waals surface area contributed by atoms with E-state index in [2.05, 4.69) is 40.9 Å². The van der Waals surface area contributed by atoms with Crippen molar-refractivity contribution < 1.29 is 28.0 Å². The first-order chi connectivity index (χ1) is 4.83. The second-order valence-corrected chi connectivity index (χ2v) is 5.50. The molecule has 2 unspecified atom stereocenters. The summed E-state index contributed by atoms with van der Waals surface area (Å²) in [7, 11) is -6.41. The van der Waals surface area contributed by atoms with Gasteiger partial charge in [0.15, 0.2) is 0 Å². The van der Waals surface area contributed by atoms with Gasteiger partial charge in [0.25, 0.3) is 0 Å². The van der Waals surface area contributed by atoms with Crippen LogP contribution in [0.5, 0.6) is 0 Å². The average Bonchev–Trinajstić information content (AvgIpc) is 1.53. The second-order valence-electron chi connectivity index (χ2n) is 1.09. The summed E-state index contributed by atoms with van der Waals surface area (Å²) in [5.41, 5.74) is 0. The Morgan fingerprint density at radius 2 is 1.36 bits per heavy atom. The molecule has 64 valence electrons. The van der Waals surface area contributed by atoms with Gasteiger partial charge in [-0.25, -0.2) is 0 Å². The monoisotopic (exact) mass is 328 g/mol. The molecule has 0 aromatic carbocycles. The van der Waals surface area contributed by atoms with Crippen molar-refractivity contribution in [3.05, 3.63) is 0 Å². The van der Waals surface area contributed by atoms with Crippen molar-refractivity contribution in [2.45, 2.75) is 3.61 Å². The van der Waals surface area contributed by atoms with E-state index in [9.17, 15) is 18.9 Å². The zero-order valence-electron chi connectivity index (χ0n) is 4.60. The Hall–Kier alpha value is 1.00. The largest absolute Gasteiger partial charge is 0.566 e. The molecule has 0 heterocycles. The lowest BCUT2D eigenvalue weighted by molar-refractivity contribution is -0.207. The molecule has 0 aromatic rings. The van der Waals surface area contributed by atoms with Crippen LogP contribution in [-0.2, 0) is 18.2 Å². The van der Waals surface area contributed by atoms with Crippen LogP contribution in [0.25, 0.3) is 0 Å². The van der Waals surface area contributed by atoms with E-state index in [4.69, 9.17) is 0 Å². The Morgan fingerprint density at radius 1 is 1.09 bits per heavy atom. The van der Waals surface area contributed by atoms with Crippen LogP contribution in [0.3, 0.4) is 0 Å². The molecule has 0 aliphatic heterocycles. The fraction of sp³-hybridized carbons (Fsp3) is 1.00. The first-order valence-corrected chi connectivity index (χ1v) is 5.66. The van der Waals surface area contributed by atoms with Crippen LogP contribution in [0.2, 0.25) is 0 Å². The van der Waals surface area contributed by atoms with Gasteiger partial charge >= 0.3 is 20.1 Å². The van der Waals surface area contributed by atoms with E-state index in [1.165, 1.54) is 0 Å². The molecule has 0 saturated carbocycles. The van der Waals surface area contributed by atoms with E-state index >= 15 is 0 Å². The van der Waals surface area contributed by atoms with Crippen molar-refractivity contribution in [2.75, 3.05) is 0 Å². The Bertz CT molecular complexity index is 161. The Balaban J connectivity index is 3.99. The molecule has 11 heavy (non-hydrogen) atoms. The lowest BCUT2D eigenvalue weighted by atomic mass is 11.5. The zero-order chi connectivity index (χ0) is 9.07. The number of alkyl halides is 2. The molecule has 0 spiro atoms. The smallest absolute Gasteiger partial charge is 0.493 e. The van der Waals surface area contributed by atoms with Crippen LogP contribution >= 0.6 is 48.4 Å². The van der Waals surface area contributed by atoms with Crippen LogP contribution < -0.4 is 9.79 Å². The predicted molar refractivity (Wildman–Crippen MR) is 38.0 cm³/mol. The SMILES string of the molecule is O=[P+]([O-])OC(Br)(Br)O[P+](=O)[O-]. The number of hydrogen-bond acceptors (Lipinski definition) is 6. The van der Waals surface area contributed by atoms with Gasteiger partial charge < -0.3 is 9.79 Å². The van der Waals surface area contributed by atoms with Crippen molar-refractivity contribution in [1.29, 1.82) is 0 Å². The molecule has 10 heteroatoms. The summed E-state index contributed by atoms with van der Waals surface area (Å²) in [6.07, 6.45) is 0. The van der Waals surface area contributed by atoms with Crippen LogP contribution in [0.4, 0.5) is 0 Å². The molecular weight excluding hydrogens is 330 g/mol. The van der Waals surface area contributed by atoms with Gasteiger partial charge in [0, 0.05) is 31.9 Å². The Labute approximate surface area is 80.0 Å². The maximum Gasteiger partial charge on any atom is 0.493 e. The van der Waals surface area contributed by atoms with Gasteiger partial charge in [-0.1, -0.05) is 9.05 Å². The molecule has 0 fully saturated rings. The summed E-state index contributed by atoms with van der Waals surface area (Å²) < 4.78 is 25.6. The lowest BCUT2D eigenvalue weighted by Gasteiger charge is -2.06. The van der Waals surface area contributed by atoms with Crippen LogP contribution in [0, 0.1) is 0 Å². The highest BCUT2D eigenvalue weighted by molar-refractivity contribution is 9.25. The summed E-state index contributed by atoms with van der Waals surface area (Å²) in [4.78, 5) is 19.7. The van der Waals surface area contributed by atoms with Gasteiger partial charge in [0.05, 0.1) is 0 Å². The fourth-order valence-electron chi connectivity index (χ4n) is 0.190. The van der Waals surface area contributed by atoms with E-state index in [-0.39, 0.29) is 0 Å². The third-order valence-electron chi connectivity index (χ3n) is 0.362. The third-order valence-corrected chi connectivity index (χ3v) is 2.82. The van der Waals surface area contributed by atoms with Crippen molar-refractivity contribution in [3.63, 3.8) is 0 Å². The highest BCUT2D eigenvalue weighted by atomic mass is 79.9. The first-order valence-electron chi connectivity index (χ1n) is 1.88. The lowest BCUT2D eigenvalue weighted by Crippen LogP contribution is -2.17. The molecule has 0 amide bonds. The standard InChI is InChI=1S/CBr2O6P2/c2-1(3,8-10(4)5)9-11(6)7. The Kier molecular flexibility index (Phi) is 5.33. The number of hydrogen-bond donors (Lipinski definition) is 0. The van der Waals surface area contributed by atoms with Gasteiger partial charge in [0.1, 0.15) is 0 Å². The van der Waals surface area contributed by atoms with Crippen molar-refractivity contribution in [1.82, 2.24) is 0 Å². The number of rotatable bonds is 4. The van der Waals surface area contributed by atoms with Crippen LogP contribution in [0.15, 0.2) is 0 Å². The van der Waals surface area contributed by atoms with E-state index in [1.807, 2.05) is 0 Å². The average molecular weight is 330 g/mol. The molecule has 0 bridgehead atoms. The summed E-state index contributed by atoms with van der Waals surface area (Å²) in [5.74, 6) is 0. The molecule has 0 radical (unpaired) electrons. The van der Waals surface area contributed by atoms with Crippen LogP contribution in [-0.4, -0.2) is 3.61 Å². The summed E-state index contributed by atoms with van der Waals surface area (Å²) in [6.45, 7) is 0. The van der Waals surface area contributed by atoms with E-state index in [1.54, 1.807) is 0 Å². The highest BCUT2D eigenvalue weighted by Gasteiger charge is 2.39. The van der Waals surface area contributed by atoms with E-state index < -0.39 is 20.1 Å². The van der Waals surface area contributed by atoms with Crippen molar-refractivity contribution >= 4 is 48.4 Å². The molecular formula is CBr2O6P2. The van der Waals surface area contributed by atoms with E-state index in [0.717, 1.165) is 0 Å². The zero-order valence-corrected chi connectivity index (χ0v) is 9.56. The van der Waals surface area contributed by atoms with E-state index in [0.29, 0.717) is 0 Å². The molecule has 0 aromatic heterocycles. The minimum Gasteiger partial charge on any atom is -0.566 e. The maximum absolute atomic E-state index is 9.87. The quantitative estimate of drug-likeness (QED) is 0.422. The predicted octanol–water partition coefficient (Wildman–Crippen LogP) is 0.456. The minimum atomic E-state index is -3.21. The summed E-state index contributed by atoms with van der Waals surface area (Å²) >= 11 is 4.98. The topological polar surface area (TPSA) is 98.7 Å². The number of halogens is 2. The molecule has 0 rings (SSSR count). The summed E-state index contributed by atoms with van der Waals surface area (Å²) in [6, 6.07) is 0. The molecule has 0 saturated heterocycles. The summed E-state index contributed by atoms with van der Waals surface area (Å²) in [5, 5.41) is 0. The van der Waals surface area contributed by atoms with Crippen LogP contribution in [0.1, 0.15) is 0 Å². The highest BCUT2D eigenvalue weighted by Crippen LogP contribution is 2.40. The molecule has 0 N–H and O–H groups in total. The molecule has 0 aliphatic carbocycles. The first kappa shape index (κ1) is 12.0. The van der Waals surface area contributed by atoms with Gasteiger partial charge in [-0.2, -0.15) is 0 Å². The van der Waals surface area contributed by atoms with Crippen molar-refractivity contribution in [3.8, 4) is 0 Å². The van der Waals surface area contributed by atoms with Gasteiger partial charge in [0.2, 0.25) is 0 Å². The maximum atomic E-state index is 9.87. The minimum absolute atomic E-state index is 2.02. The van der Waals surface area contributed by atoms with Gasteiger partial charge in [-0.05, 0) is 9.13 Å². The Morgan fingerprint density at radius 3 is 1.55 bits per heavy atom. The third kappa shape index (κ3) is 7.36. The second kappa shape index (κ2) is 4.89. The molecule has 0 aliphatic rings.